The van der Waals surface area contributed by atoms with E-state index in [1.54, 1.807) is 44.6 Å². The van der Waals surface area contributed by atoms with Crippen molar-refractivity contribution in [3.05, 3.63) is 33.8 Å². The number of ketones is 2. The molecule has 1 aromatic rings. The van der Waals surface area contributed by atoms with E-state index in [2.05, 4.69) is 4.98 Å². The van der Waals surface area contributed by atoms with Crippen molar-refractivity contribution >= 4 is 29.0 Å². The average molecular weight is 398 g/mol. The van der Waals surface area contributed by atoms with E-state index < -0.39 is 10.8 Å². The van der Waals surface area contributed by atoms with E-state index in [1.807, 2.05) is 32.9 Å². The number of thiazole rings is 1. The lowest BCUT2D eigenvalue weighted by Gasteiger charge is -2.24. The molecular formula is C22H27N3O2S. The molecule has 148 valence electrons. The van der Waals surface area contributed by atoms with Crippen LogP contribution in [0, 0.1) is 39.4 Å². The SMILES string of the molecule is CC(/C=C(\C#N)C(=O)C(C)(C)C)CCC(C)(C)C(=O)/C(C#N)=C/c1cncs1. The Hall–Kier alpha value is -2.57. The zero-order chi connectivity index (χ0) is 21.5. The summed E-state index contributed by atoms with van der Waals surface area (Å²) in [6.07, 6.45) is 6.03. The molecule has 1 atom stereocenters. The molecule has 0 fully saturated rings. The highest BCUT2D eigenvalue weighted by atomic mass is 32.1. The highest BCUT2D eigenvalue weighted by molar-refractivity contribution is 7.10. The van der Waals surface area contributed by atoms with Crippen molar-refractivity contribution in [2.45, 2.75) is 54.4 Å². The molecular weight excluding hydrogens is 370 g/mol. The van der Waals surface area contributed by atoms with Crippen molar-refractivity contribution in [1.82, 2.24) is 4.98 Å². The smallest absolute Gasteiger partial charge is 0.178 e. The molecule has 0 spiro atoms. The van der Waals surface area contributed by atoms with Gasteiger partial charge in [0.2, 0.25) is 0 Å². The minimum atomic E-state index is -0.727. The van der Waals surface area contributed by atoms with Crippen LogP contribution in [0.15, 0.2) is 28.9 Å². The van der Waals surface area contributed by atoms with E-state index >= 15 is 0 Å². The highest BCUT2D eigenvalue weighted by Crippen LogP contribution is 2.31. The average Bonchev–Trinajstić information content (AvgIpc) is 3.13. The maximum absolute atomic E-state index is 12.8. The molecule has 0 radical (unpaired) electrons. The number of nitrogens with zero attached hydrogens (tertiary/aromatic N) is 3. The van der Waals surface area contributed by atoms with Crippen LogP contribution in [0.1, 0.15) is 59.3 Å². The molecule has 0 amide bonds. The summed E-state index contributed by atoms with van der Waals surface area (Å²) in [5.74, 6) is -0.439. The number of rotatable bonds is 8. The Labute approximate surface area is 171 Å². The van der Waals surface area contributed by atoms with E-state index in [1.165, 1.54) is 11.3 Å². The van der Waals surface area contributed by atoms with Crippen molar-refractivity contribution in [1.29, 1.82) is 10.5 Å². The molecule has 0 bridgehead atoms. The standard InChI is InChI=1S/C22H27N3O2S/c1-15(9-16(11-23)19(26)21(2,3)4)7-8-22(5,6)20(27)17(12-24)10-18-13-25-14-28-18/h9-10,13-15H,7-8H2,1-6H3/b16-9+,17-10+. The quantitative estimate of drug-likeness (QED) is 0.448. The van der Waals surface area contributed by atoms with Gasteiger partial charge in [0.05, 0.1) is 16.7 Å². The van der Waals surface area contributed by atoms with Gasteiger partial charge in [0.15, 0.2) is 11.6 Å². The van der Waals surface area contributed by atoms with E-state index in [0.29, 0.717) is 12.8 Å². The van der Waals surface area contributed by atoms with Crippen LogP contribution in [0.2, 0.25) is 0 Å². The number of nitriles is 2. The zero-order valence-electron chi connectivity index (χ0n) is 17.4. The first-order valence-corrected chi connectivity index (χ1v) is 10.0. The molecule has 28 heavy (non-hydrogen) atoms. The largest absolute Gasteiger partial charge is 0.293 e. The monoisotopic (exact) mass is 397 g/mol. The van der Waals surface area contributed by atoms with Gasteiger partial charge in [-0.05, 0) is 24.8 Å². The van der Waals surface area contributed by atoms with Gasteiger partial charge in [-0.1, -0.05) is 47.6 Å². The number of hydrogen-bond acceptors (Lipinski definition) is 6. The lowest BCUT2D eigenvalue weighted by Crippen LogP contribution is -2.26. The first kappa shape index (κ1) is 23.5. The van der Waals surface area contributed by atoms with Crippen LogP contribution >= 0.6 is 11.3 Å². The van der Waals surface area contributed by atoms with Gasteiger partial charge < -0.3 is 0 Å². The van der Waals surface area contributed by atoms with Gasteiger partial charge in [0.1, 0.15) is 12.1 Å². The van der Waals surface area contributed by atoms with Crippen molar-refractivity contribution in [3.8, 4) is 12.1 Å². The molecule has 0 aliphatic rings. The Balaban J connectivity index is 2.88. The summed E-state index contributed by atoms with van der Waals surface area (Å²) in [6, 6.07) is 4.00. The number of allylic oxidation sites excluding steroid dienone is 3. The minimum Gasteiger partial charge on any atom is -0.293 e. The van der Waals surface area contributed by atoms with Crippen LogP contribution in [-0.2, 0) is 9.59 Å². The van der Waals surface area contributed by atoms with Crippen molar-refractivity contribution < 1.29 is 9.59 Å². The second kappa shape index (κ2) is 9.57. The highest BCUT2D eigenvalue weighted by Gasteiger charge is 2.31. The Bertz CT molecular complexity index is 857. The van der Waals surface area contributed by atoms with Crippen LogP contribution in [0.25, 0.3) is 6.08 Å². The molecule has 0 aromatic carbocycles. The number of carbonyl (C=O) groups is 2. The van der Waals surface area contributed by atoms with Gasteiger partial charge in [-0.25, -0.2) is 0 Å². The Morgan fingerprint density at radius 1 is 1.14 bits per heavy atom. The van der Waals surface area contributed by atoms with Gasteiger partial charge in [-0.15, -0.1) is 11.3 Å². The van der Waals surface area contributed by atoms with Crippen LogP contribution in [0.5, 0.6) is 0 Å². The number of hydrogen-bond donors (Lipinski definition) is 0. The maximum atomic E-state index is 12.8. The Morgan fingerprint density at radius 3 is 2.21 bits per heavy atom. The third-order valence-electron chi connectivity index (χ3n) is 4.44. The summed E-state index contributed by atoms with van der Waals surface area (Å²) in [7, 11) is 0. The van der Waals surface area contributed by atoms with E-state index in [9.17, 15) is 20.1 Å². The molecule has 1 rings (SSSR count). The van der Waals surface area contributed by atoms with E-state index in [4.69, 9.17) is 0 Å². The second-order valence-electron chi connectivity index (χ2n) is 8.57. The van der Waals surface area contributed by atoms with Crippen molar-refractivity contribution in [2.24, 2.45) is 16.7 Å². The lowest BCUT2D eigenvalue weighted by molar-refractivity contribution is -0.123. The fourth-order valence-electron chi connectivity index (χ4n) is 2.59. The molecule has 1 unspecified atom stereocenters. The fourth-order valence-corrected chi connectivity index (χ4v) is 3.14. The molecule has 6 heteroatoms. The Kier molecular flexibility index (Phi) is 8.02. The predicted molar refractivity (Wildman–Crippen MR) is 111 cm³/mol. The van der Waals surface area contributed by atoms with Gasteiger partial charge in [-0.3, -0.25) is 14.6 Å². The number of Topliss-reactive ketones (excluding diaryl/α,β-unsaturated/α-hetero) is 2. The molecule has 0 N–H and O–H groups in total. The zero-order valence-corrected chi connectivity index (χ0v) is 18.2. The molecule has 0 aliphatic heterocycles. The molecule has 0 aliphatic carbocycles. The predicted octanol–water partition coefficient (Wildman–Crippen LogP) is 5.13. The van der Waals surface area contributed by atoms with Gasteiger partial charge in [-0.2, -0.15) is 10.5 Å². The normalized spacial score (nSPS) is 14.1. The summed E-state index contributed by atoms with van der Waals surface area (Å²) in [5.41, 5.74) is 0.579. The summed E-state index contributed by atoms with van der Waals surface area (Å²) >= 11 is 1.37. The summed E-state index contributed by atoms with van der Waals surface area (Å²) in [4.78, 5) is 29.9. The van der Waals surface area contributed by atoms with Crippen LogP contribution in [0.3, 0.4) is 0 Å². The van der Waals surface area contributed by atoms with Crippen LogP contribution < -0.4 is 0 Å². The summed E-state index contributed by atoms with van der Waals surface area (Å²) in [6.45, 7) is 10.9. The molecule has 1 heterocycles. The molecule has 0 saturated carbocycles. The molecule has 0 saturated heterocycles. The first-order chi connectivity index (χ1) is 12.9. The summed E-state index contributed by atoms with van der Waals surface area (Å²) < 4.78 is 0. The molecule has 1 aromatic heterocycles. The van der Waals surface area contributed by atoms with Gasteiger partial charge in [0.25, 0.3) is 0 Å². The second-order valence-corrected chi connectivity index (χ2v) is 9.49. The lowest BCUT2D eigenvalue weighted by atomic mass is 9.78. The van der Waals surface area contributed by atoms with Crippen molar-refractivity contribution in [2.75, 3.05) is 0 Å². The van der Waals surface area contributed by atoms with Gasteiger partial charge in [0, 0.05) is 21.9 Å². The third kappa shape index (κ3) is 6.55. The summed E-state index contributed by atoms with van der Waals surface area (Å²) in [5, 5.41) is 18.7. The van der Waals surface area contributed by atoms with E-state index in [-0.39, 0.29) is 28.6 Å². The van der Waals surface area contributed by atoms with Crippen LogP contribution in [0.4, 0.5) is 0 Å². The first-order valence-electron chi connectivity index (χ1n) is 9.14. The number of carbonyl (C=O) groups excluding carboxylic acids is 2. The fraction of sp³-hybridized carbons (Fsp3) is 0.500. The third-order valence-corrected chi connectivity index (χ3v) is 5.16. The van der Waals surface area contributed by atoms with Crippen molar-refractivity contribution in [3.63, 3.8) is 0 Å². The van der Waals surface area contributed by atoms with E-state index in [0.717, 1.165) is 4.88 Å². The maximum Gasteiger partial charge on any atom is 0.178 e. The minimum absolute atomic E-state index is 0.0379. The number of aromatic nitrogens is 1. The Morgan fingerprint density at radius 2 is 1.75 bits per heavy atom. The van der Waals surface area contributed by atoms with Crippen LogP contribution in [-0.4, -0.2) is 16.6 Å². The topological polar surface area (TPSA) is 94.6 Å². The van der Waals surface area contributed by atoms with Gasteiger partial charge >= 0.3 is 0 Å². The molecule has 5 nitrogen and oxygen atoms in total.